The Bertz CT molecular complexity index is 779. The molecule has 0 saturated heterocycles. The summed E-state index contributed by atoms with van der Waals surface area (Å²) < 4.78 is 2.23. The summed E-state index contributed by atoms with van der Waals surface area (Å²) in [5.74, 6) is 1.08. The van der Waals surface area contributed by atoms with Gasteiger partial charge in [0.15, 0.2) is 0 Å². The predicted octanol–water partition coefficient (Wildman–Crippen LogP) is 3.19. The van der Waals surface area contributed by atoms with Gasteiger partial charge < -0.3 is 15.2 Å². The zero-order valence-electron chi connectivity index (χ0n) is 12.9. The molecule has 4 heteroatoms. The molecule has 3 aromatic rings. The number of nitrogens with one attached hydrogen (secondary N) is 2. The first-order valence-corrected chi connectivity index (χ1v) is 8.00. The zero-order valence-corrected chi connectivity index (χ0v) is 12.9. The predicted molar refractivity (Wildman–Crippen MR) is 92.3 cm³/mol. The summed E-state index contributed by atoms with van der Waals surface area (Å²) in [5.41, 5.74) is 3.80. The van der Waals surface area contributed by atoms with Gasteiger partial charge >= 0.3 is 0 Å². The van der Waals surface area contributed by atoms with Gasteiger partial charge in [-0.15, -0.1) is 0 Å². The molecule has 1 atom stereocenters. The molecule has 4 rings (SSSR count). The van der Waals surface area contributed by atoms with Crippen molar-refractivity contribution in [2.75, 3.05) is 11.9 Å². The molecule has 1 aliphatic rings. The van der Waals surface area contributed by atoms with E-state index in [4.69, 9.17) is 0 Å². The van der Waals surface area contributed by atoms with Crippen molar-refractivity contribution >= 4 is 5.69 Å². The molecule has 1 aromatic heterocycles. The summed E-state index contributed by atoms with van der Waals surface area (Å²) in [4.78, 5) is 4.57. The molecule has 2 aromatic carbocycles. The highest BCUT2D eigenvalue weighted by Gasteiger charge is 2.21. The van der Waals surface area contributed by atoms with E-state index in [1.165, 1.54) is 16.8 Å². The summed E-state index contributed by atoms with van der Waals surface area (Å²) in [6.07, 6.45) is 3.94. The molecular weight excluding hydrogens is 284 g/mol. The van der Waals surface area contributed by atoms with Crippen molar-refractivity contribution in [3.05, 3.63) is 83.9 Å². The van der Waals surface area contributed by atoms with E-state index in [1.807, 2.05) is 12.3 Å². The average molecular weight is 304 g/mol. The van der Waals surface area contributed by atoms with Crippen molar-refractivity contribution in [2.24, 2.45) is 0 Å². The Labute approximate surface area is 136 Å². The monoisotopic (exact) mass is 304 g/mol. The summed E-state index contributed by atoms with van der Waals surface area (Å²) in [7, 11) is 0. The van der Waals surface area contributed by atoms with Gasteiger partial charge in [0.05, 0.1) is 12.6 Å². The first kappa shape index (κ1) is 14.0. The van der Waals surface area contributed by atoms with Crippen LogP contribution in [-0.2, 0) is 13.1 Å². The van der Waals surface area contributed by atoms with E-state index in [0.717, 1.165) is 25.5 Å². The molecule has 0 spiro atoms. The average Bonchev–Trinajstić information content (AvgIpc) is 2.99. The van der Waals surface area contributed by atoms with Crippen molar-refractivity contribution in [3.8, 4) is 0 Å². The van der Waals surface area contributed by atoms with Crippen LogP contribution in [0.2, 0.25) is 0 Å². The number of aromatic nitrogens is 2. The number of imidazole rings is 1. The molecule has 0 aliphatic carbocycles. The highest BCUT2D eigenvalue weighted by Crippen LogP contribution is 2.27. The van der Waals surface area contributed by atoms with Gasteiger partial charge in [0.1, 0.15) is 5.82 Å². The third kappa shape index (κ3) is 2.98. The lowest BCUT2D eigenvalue weighted by Crippen LogP contribution is -2.27. The Morgan fingerprint density at radius 3 is 2.83 bits per heavy atom. The van der Waals surface area contributed by atoms with E-state index in [2.05, 4.69) is 74.9 Å². The number of benzene rings is 2. The second-order valence-electron chi connectivity index (χ2n) is 5.88. The summed E-state index contributed by atoms with van der Waals surface area (Å²) in [6.45, 7) is 2.56. The summed E-state index contributed by atoms with van der Waals surface area (Å²) in [5, 5.41) is 7.19. The molecular formula is C19H20N4. The largest absolute Gasteiger partial charge is 0.374 e. The molecule has 2 N–H and O–H groups in total. The van der Waals surface area contributed by atoms with Crippen LogP contribution in [0, 0.1) is 0 Å². The Morgan fingerprint density at radius 1 is 1.09 bits per heavy atom. The van der Waals surface area contributed by atoms with E-state index in [9.17, 15) is 0 Å². The van der Waals surface area contributed by atoms with E-state index < -0.39 is 0 Å². The van der Waals surface area contributed by atoms with Crippen molar-refractivity contribution in [1.82, 2.24) is 14.9 Å². The van der Waals surface area contributed by atoms with Crippen LogP contribution >= 0.6 is 0 Å². The van der Waals surface area contributed by atoms with Gasteiger partial charge in [-0.25, -0.2) is 4.98 Å². The molecule has 0 fully saturated rings. The fraction of sp³-hybridized carbons (Fsp3) is 0.211. The Kier molecular flexibility index (Phi) is 3.82. The van der Waals surface area contributed by atoms with Crippen molar-refractivity contribution < 1.29 is 0 Å². The van der Waals surface area contributed by atoms with E-state index in [1.54, 1.807) is 0 Å². The van der Waals surface area contributed by atoms with Crippen molar-refractivity contribution in [1.29, 1.82) is 0 Å². The van der Waals surface area contributed by atoms with Gasteiger partial charge in [-0.3, -0.25) is 0 Å². The topological polar surface area (TPSA) is 41.9 Å². The minimum atomic E-state index is 0.164. The third-order valence-electron chi connectivity index (χ3n) is 4.27. The molecule has 0 saturated carbocycles. The lowest BCUT2D eigenvalue weighted by Gasteiger charge is -2.18. The van der Waals surface area contributed by atoms with Crippen molar-refractivity contribution in [2.45, 2.75) is 19.1 Å². The summed E-state index contributed by atoms with van der Waals surface area (Å²) >= 11 is 0. The van der Waals surface area contributed by atoms with E-state index in [0.29, 0.717) is 0 Å². The summed E-state index contributed by atoms with van der Waals surface area (Å²) in [6, 6.07) is 19.1. The lowest BCUT2D eigenvalue weighted by atomic mass is 10.1. The third-order valence-corrected chi connectivity index (χ3v) is 4.27. The first-order chi connectivity index (χ1) is 11.4. The molecule has 1 aliphatic heterocycles. The van der Waals surface area contributed by atoms with Gasteiger partial charge in [0.25, 0.3) is 0 Å². The molecule has 0 bridgehead atoms. The zero-order chi connectivity index (χ0) is 15.5. The molecule has 23 heavy (non-hydrogen) atoms. The normalized spacial score (nSPS) is 16.1. The van der Waals surface area contributed by atoms with E-state index >= 15 is 0 Å². The standard InChI is InChI=1S/C19H20N4/c1-2-6-15(7-3-1)12-20-13-18-19-21-10-11-23(19)14-16-8-4-5-9-17(16)22-18/h1-11,18,20,22H,12-14H2. The van der Waals surface area contributed by atoms with Crippen molar-refractivity contribution in [3.63, 3.8) is 0 Å². The minimum absolute atomic E-state index is 0.164. The smallest absolute Gasteiger partial charge is 0.132 e. The molecule has 0 radical (unpaired) electrons. The maximum atomic E-state index is 4.57. The van der Waals surface area contributed by atoms with Gasteiger partial charge in [0.2, 0.25) is 0 Å². The van der Waals surface area contributed by atoms with Crippen LogP contribution in [0.25, 0.3) is 0 Å². The van der Waals surface area contributed by atoms with Crippen LogP contribution in [0.3, 0.4) is 0 Å². The molecule has 1 unspecified atom stereocenters. The van der Waals surface area contributed by atoms with Crippen LogP contribution < -0.4 is 10.6 Å². The molecule has 2 heterocycles. The van der Waals surface area contributed by atoms with Crippen LogP contribution in [0.4, 0.5) is 5.69 Å². The fourth-order valence-corrected chi connectivity index (χ4v) is 3.10. The highest BCUT2D eigenvalue weighted by molar-refractivity contribution is 5.53. The number of nitrogens with zero attached hydrogens (tertiary/aromatic N) is 2. The number of anilines is 1. The number of fused-ring (bicyclic) bond motifs is 2. The van der Waals surface area contributed by atoms with Gasteiger partial charge in [-0.05, 0) is 17.2 Å². The maximum Gasteiger partial charge on any atom is 0.132 e. The number of hydrogen-bond donors (Lipinski definition) is 2. The van der Waals surface area contributed by atoms with Crippen LogP contribution in [0.5, 0.6) is 0 Å². The molecule has 116 valence electrons. The van der Waals surface area contributed by atoms with Crippen LogP contribution in [0.15, 0.2) is 67.0 Å². The minimum Gasteiger partial charge on any atom is -0.374 e. The number of hydrogen-bond acceptors (Lipinski definition) is 3. The van der Waals surface area contributed by atoms with Gasteiger partial charge in [0, 0.05) is 31.2 Å². The SMILES string of the molecule is c1ccc(CNCC2Nc3ccccc3Cn3ccnc32)cc1. The number of rotatable bonds is 4. The molecule has 4 nitrogen and oxygen atoms in total. The second-order valence-corrected chi connectivity index (χ2v) is 5.88. The Morgan fingerprint density at radius 2 is 1.91 bits per heavy atom. The fourth-order valence-electron chi connectivity index (χ4n) is 3.10. The van der Waals surface area contributed by atoms with Gasteiger partial charge in [-0.1, -0.05) is 48.5 Å². The maximum absolute atomic E-state index is 4.57. The first-order valence-electron chi connectivity index (χ1n) is 8.00. The van der Waals surface area contributed by atoms with Crippen LogP contribution in [-0.4, -0.2) is 16.1 Å². The Hall–Kier alpha value is -2.59. The Balaban J connectivity index is 1.51. The number of para-hydroxylation sites is 1. The van der Waals surface area contributed by atoms with E-state index in [-0.39, 0.29) is 6.04 Å². The van der Waals surface area contributed by atoms with Gasteiger partial charge in [-0.2, -0.15) is 0 Å². The quantitative estimate of drug-likeness (QED) is 0.778. The highest BCUT2D eigenvalue weighted by atomic mass is 15.1. The molecule has 0 amide bonds. The lowest BCUT2D eigenvalue weighted by molar-refractivity contribution is 0.583. The second kappa shape index (κ2) is 6.26. The van der Waals surface area contributed by atoms with Crippen LogP contribution in [0.1, 0.15) is 23.0 Å².